The molecule has 22 heavy (non-hydrogen) atoms. The van der Waals surface area contributed by atoms with E-state index < -0.39 is 18.0 Å². The predicted octanol–water partition coefficient (Wildman–Crippen LogP) is 1.52. The minimum atomic E-state index is -0.786. The zero-order chi connectivity index (χ0) is 15.7. The number of aliphatic hydroxyl groups is 1. The molecule has 1 aromatic carbocycles. The minimum absolute atomic E-state index is 0.182. The molecule has 3 rings (SSSR count). The van der Waals surface area contributed by atoms with E-state index in [4.69, 9.17) is 14.2 Å². The second-order valence-corrected chi connectivity index (χ2v) is 6.12. The van der Waals surface area contributed by atoms with Gasteiger partial charge in [-0.05, 0) is 19.4 Å². The smallest absolute Gasteiger partial charge is 0.410 e. The Kier molecular flexibility index (Phi) is 4.08. The van der Waals surface area contributed by atoms with Crippen molar-refractivity contribution in [1.82, 2.24) is 4.90 Å². The van der Waals surface area contributed by atoms with Crippen molar-refractivity contribution in [3.8, 4) is 0 Å². The zero-order valence-electron chi connectivity index (χ0n) is 12.8. The number of carbonyl (C=O) groups excluding carboxylic acids is 1. The minimum Gasteiger partial charge on any atom is -0.447 e. The van der Waals surface area contributed by atoms with Crippen LogP contribution in [0.3, 0.4) is 0 Å². The van der Waals surface area contributed by atoms with E-state index in [1.54, 1.807) is 18.7 Å². The summed E-state index contributed by atoms with van der Waals surface area (Å²) in [5, 5.41) is 10.2. The molecule has 0 spiro atoms. The highest BCUT2D eigenvalue weighted by Gasteiger charge is 2.47. The average molecular weight is 307 g/mol. The Balaban J connectivity index is 1.78. The van der Waals surface area contributed by atoms with Gasteiger partial charge in [0.25, 0.3) is 0 Å². The molecule has 2 aliphatic heterocycles. The van der Waals surface area contributed by atoms with Crippen LogP contribution in [0.15, 0.2) is 30.3 Å². The number of hydrogen-bond donors (Lipinski definition) is 1. The number of benzene rings is 1. The fraction of sp³-hybridized carbons (Fsp3) is 0.562. The Morgan fingerprint density at radius 3 is 2.73 bits per heavy atom. The molecule has 2 fully saturated rings. The van der Waals surface area contributed by atoms with Crippen molar-refractivity contribution >= 4 is 6.09 Å². The molecule has 0 saturated carbocycles. The molecule has 2 heterocycles. The quantitative estimate of drug-likeness (QED) is 0.917. The summed E-state index contributed by atoms with van der Waals surface area (Å²) < 4.78 is 16.4. The first-order valence-electron chi connectivity index (χ1n) is 7.43. The third-order valence-electron chi connectivity index (χ3n) is 3.99. The highest BCUT2D eigenvalue weighted by Crippen LogP contribution is 2.29. The van der Waals surface area contributed by atoms with Gasteiger partial charge in [0, 0.05) is 6.54 Å². The molecular formula is C16H21NO5. The lowest BCUT2D eigenvalue weighted by molar-refractivity contribution is -0.311. The van der Waals surface area contributed by atoms with Gasteiger partial charge in [-0.25, -0.2) is 4.79 Å². The summed E-state index contributed by atoms with van der Waals surface area (Å²) >= 11 is 0. The highest BCUT2D eigenvalue weighted by atomic mass is 16.7. The van der Waals surface area contributed by atoms with Crippen LogP contribution in [0.25, 0.3) is 0 Å². The van der Waals surface area contributed by atoms with Crippen LogP contribution in [0.4, 0.5) is 4.79 Å². The molecule has 1 aromatic rings. The Morgan fingerprint density at radius 1 is 1.27 bits per heavy atom. The standard InChI is InChI=1S/C16H21NO5/c1-16(2)21-10-13(18)14(22-16)12-9-20-15(19)17(12)8-11-6-4-3-5-7-11/h3-7,12-14,18H,8-10H2,1-2H3/t12-,13-,14+/m1/s1. The van der Waals surface area contributed by atoms with Gasteiger partial charge in [-0.1, -0.05) is 30.3 Å². The maximum atomic E-state index is 12.0. The van der Waals surface area contributed by atoms with E-state index in [-0.39, 0.29) is 25.3 Å². The van der Waals surface area contributed by atoms with Crippen molar-refractivity contribution in [2.75, 3.05) is 13.2 Å². The third kappa shape index (κ3) is 3.09. The fourth-order valence-electron chi connectivity index (χ4n) is 2.86. The summed E-state index contributed by atoms with van der Waals surface area (Å²) in [5.41, 5.74) is 1.01. The van der Waals surface area contributed by atoms with Crippen LogP contribution >= 0.6 is 0 Å². The van der Waals surface area contributed by atoms with E-state index in [0.29, 0.717) is 6.54 Å². The van der Waals surface area contributed by atoms with Crippen molar-refractivity contribution in [1.29, 1.82) is 0 Å². The Labute approximate surface area is 129 Å². The Morgan fingerprint density at radius 2 is 2.00 bits per heavy atom. The summed E-state index contributed by atoms with van der Waals surface area (Å²) in [6.45, 7) is 4.42. The van der Waals surface area contributed by atoms with E-state index in [9.17, 15) is 9.90 Å². The van der Waals surface area contributed by atoms with Crippen LogP contribution in [0, 0.1) is 0 Å². The van der Waals surface area contributed by atoms with Gasteiger partial charge in [0.2, 0.25) is 0 Å². The number of ether oxygens (including phenoxy) is 3. The first-order chi connectivity index (χ1) is 10.5. The van der Waals surface area contributed by atoms with Gasteiger partial charge in [-0.15, -0.1) is 0 Å². The molecule has 0 radical (unpaired) electrons. The largest absolute Gasteiger partial charge is 0.447 e. The summed E-state index contributed by atoms with van der Waals surface area (Å²) in [6.07, 6.45) is -1.70. The maximum Gasteiger partial charge on any atom is 0.410 e. The van der Waals surface area contributed by atoms with Crippen molar-refractivity contribution in [2.24, 2.45) is 0 Å². The van der Waals surface area contributed by atoms with E-state index in [1.807, 2.05) is 30.3 Å². The lowest BCUT2D eigenvalue weighted by Gasteiger charge is -2.42. The molecule has 2 saturated heterocycles. The molecule has 0 bridgehead atoms. The van der Waals surface area contributed by atoms with Gasteiger partial charge in [0.05, 0.1) is 12.6 Å². The SMILES string of the molecule is CC1(C)OC[C@@H](O)[C@H]([C@H]2COC(=O)N2Cc2ccccc2)O1. The van der Waals surface area contributed by atoms with Crippen LogP contribution in [0.5, 0.6) is 0 Å². The maximum absolute atomic E-state index is 12.0. The van der Waals surface area contributed by atoms with Gasteiger partial charge in [-0.2, -0.15) is 0 Å². The number of carbonyl (C=O) groups is 1. The summed E-state index contributed by atoms with van der Waals surface area (Å²) in [6, 6.07) is 9.35. The highest BCUT2D eigenvalue weighted by molar-refractivity contribution is 5.70. The van der Waals surface area contributed by atoms with E-state index in [1.165, 1.54) is 0 Å². The molecule has 0 aromatic heterocycles. The molecule has 3 atom stereocenters. The van der Waals surface area contributed by atoms with Gasteiger partial charge in [0.15, 0.2) is 5.79 Å². The number of nitrogens with zero attached hydrogens (tertiary/aromatic N) is 1. The first kappa shape index (κ1) is 15.3. The molecule has 120 valence electrons. The lowest BCUT2D eigenvalue weighted by atomic mass is 10.0. The Hall–Kier alpha value is -1.63. The monoisotopic (exact) mass is 307 g/mol. The first-order valence-corrected chi connectivity index (χ1v) is 7.43. The molecule has 0 aliphatic carbocycles. The van der Waals surface area contributed by atoms with Gasteiger partial charge in [-0.3, -0.25) is 4.90 Å². The average Bonchev–Trinajstić information content (AvgIpc) is 2.84. The van der Waals surface area contributed by atoms with Gasteiger partial charge < -0.3 is 19.3 Å². The number of aliphatic hydroxyl groups excluding tert-OH is 1. The van der Waals surface area contributed by atoms with Crippen LogP contribution in [0.2, 0.25) is 0 Å². The molecule has 1 N–H and O–H groups in total. The predicted molar refractivity (Wildman–Crippen MR) is 78.0 cm³/mol. The number of cyclic esters (lactones) is 1. The Bertz CT molecular complexity index is 533. The van der Waals surface area contributed by atoms with Crippen molar-refractivity contribution in [2.45, 2.75) is 44.4 Å². The summed E-state index contributed by atoms with van der Waals surface area (Å²) in [7, 11) is 0. The summed E-state index contributed by atoms with van der Waals surface area (Å²) in [4.78, 5) is 13.7. The lowest BCUT2D eigenvalue weighted by Crippen LogP contribution is -2.57. The van der Waals surface area contributed by atoms with Crippen LogP contribution in [-0.4, -0.2) is 53.4 Å². The third-order valence-corrected chi connectivity index (χ3v) is 3.99. The normalized spacial score (nSPS) is 31.1. The van der Waals surface area contributed by atoms with E-state index in [0.717, 1.165) is 5.56 Å². The van der Waals surface area contributed by atoms with Crippen LogP contribution in [-0.2, 0) is 20.8 Å². The van der Waals surface area contributed by atoms with Crippen molar-refractivity contribution < 1.29 is 24.1 Å². The van der Waals surface area contributed by atoms with Gasteiger partial charge in [0.1, 0.15) is 18.8 Å². The van der Waals surface area contributed by atoms with Crippen molar-refractivity contribution in [3.05, 3.63) is 35.9 Å². The second kappa shape index (κ2) is 5.87. The molecule has 0 unspecified atom stereocenters. The summed E-state index contributed by atoms with van der Waals surface area (Å²) in [5.74, 6) is -0.784. The number of rotatable bonds is 3. The second-order valence-electron chi connectivity index (χ2n) is 6.12. The molecule has 2 aliphatic rings. The van der Waals surface area contributed by atoms with E-state index >= 15 is 0 Å². The van der Waals surface area contributed by atoms with Gasteiger partial charge >= 0.3 is 6.09 Å². The van der Waals surface area contributed by atoms with Crippen LogP contribution in [0.1, 0.15) is 19.4 Å². The topological polar surface area (TPSA) is 68.2 Å². The van der Waals surface area contributed by atoms with Crippen LogP contribution < -0.4 is 0 Å². The molecular weight excluding hydrogens is 286 g/mol. The fourth-order valence-corrected chi connectivity index (χ4v) is 2.86. The zero-order valence-corrected chi connectivity index (χ0v) is 12.8. The molecule has 6 heteroatoms. The molecule has 1 amide bonds. The van der Waals surface area contributed by atoms with E-state index in [2.05, 4.69) is 0 Å². The number of hydrogen-bond acceptors (Lipinski definition) is 5. The molecule has 6 nitrogen and oxygen atoms in total. The number of amides is 1. The van der Waals surface area contributed by atoms with Crippen molar-refractivity contribution in [3.63, 3.8) is 0 Å².